The highest BCUT2D eigenvalue weighted by Gasteiger charge is 2.15. The molecule has 2 N–H and O–H groups in total. The Hall–Kier alpha value is -3.01. The Morgan fingerprint density at radius 3 is 2.69 bits per heavy atom. The monoisotopic (exact) mass is 379 g/mol. The maximum atomic E-state index is 11.8. The smallest absolute Gasteiger partial charge is 0.311 e. The van der Waals surface area contributed by atoms with E-state index in [0.29, 0.717) is 22.6 Å². The second-order valence-electron chi connectivity index (χ2n) is 5.15. The molecular weight excluding hydrogens is 362 g/mol. The maximum Gasteiger partial charge on any atom is 0.311 e. The molecule has 138 valence electrons. The van der Waals surface area contributed by atoms with E-state index in [1.165, 1.54) is 43.3 Å². The van der Waals surface area contributed by atoms with Gasteiger partial charge in [-0.1, -0.05) is 6.07 Å². The van der Waals surface area contributed by atoms with Crippen LogP contribution in [0.5, 0.6) is 5.75 Å². The number of rotatable bonds is 7. The lowest BCUT2D eigenvalue weighted by Gasteiger charge is -2.07. The molecule has 26 heavy (non-hydrogen) atoms. The number of thioether (sulfide) groups is 1. The van der Waals surface area contributed by atoms with Gasteiger partial charge in [0.15, 0.2) is 5.75 Å². The zero-order chi connectivity index (χ0) is 19.1. The standard InChI is InChI=1S/C16H17N3O6S/c1-10-12(5-6-25-10)16(21)18-17-15(20)9-26-8-11-3-4-14(24-2)13(7-11)19(22)23/h3-7H,8-9H2,1-2H3,(H,17,20)(H,18,21). The molecule has 0 bridgehead atoms. The number of carbonyl (C=O) groups excluding carboxylic acids is 2. The van der Waals surface area contributed by atoms with Gasteiger partial charge in [0.25, 0.3) is 5.91 Å². The van der Waals surface area contributed by atoms with Crippen molar-refractivity contribution in [2.45, 2.75) is 12.7 Å². The number of hydrogen-bond donors (Lipinski definition) is 2. The van der Waals surface area contributed by atoms with Gasteiger partial charge >= 0.3 is 5.69 Å². The Morgan fingerprint density at radius 2 is 2.08 bits per heavy atom. The van der Waals surface area contributed by atoms with E-state index in [1.807, 2.05) is 0 Å². The molecule has 2 amide bonds. The van der Waals surface area contributed by atoms with Crippen molar-refractivity contribution < 1.29 is 23.7 Å². The van der Waals surface area contributed by atoms with Gasteiger partial charge < -0.3 is 9.15 Å². The summed E-state index contributed by atoms with van der Waals surface area (Å²) < 4.78 is 9.95. The van der Waals surface area contributed by atoms with Gasteiger partial charge in [0.1, 0.15) is 5.76 Å². The Labute approximate surface area is 153 Å². The Balaban J connectivity index is 1.79. The van der Waals surface area contributed by atoms with Crippen LogP contribution in [0.25, 0.3) is 0 Å². The number of hydrogen-bond acceptors (Lipinski definition) is 7. The Bertz CT molecular complexity index is 820. The molecule has 2 rings (SSSR count). The lowest BCUT2D eigenvalue weighted by molar-refractivity contribution is -0.385. The van der Waals surface area contributed by atoms with Gasteiger partial charge in [-0.25, -0.2) is 0 Å². The van der Waals surface area contributed by atoms with Crippen molar-refractivity contribution in [2.75, 3.05) is 12.9 Å². The number of furan rings is 1. The molecule has 0 saturated heterocycles. The fraction of sp³-hybridized carbons (Fsp3) is 0.250. The zero-order valence-electron chi connectivity index (χ0n) is 14.1. The topological polar surface area (TPSA) is 124 Å². The molecule has 9 nitrogen and oxygen atoms in total. The van der Waals surface area contributed by atoms with Crippen molar-refractivity contribution in [2.24, 2.45) is 0 Å². The molecular formula is C16H17N3O6S. The SMILES string of the molecule is COc1ccc(CSCC(=O)NNC(=O)c2ccoc2C)cc1[N+](=O)[O-]. The average molecular weight is 379 g/mol. The van der Waals surface area contributed by atoms with Gasteiger partial charge in [-0.15, -0.1) is 11.8 Å². The van der Waals surface area contributed by atoms with Gasteiger partial charge in [0, 0.05) is 11.8 Å². The highest BCUT2D eigenvalue weighted by molar-refractivity contribution is 7.99. The van der Waals surface area contributed by atoms with Crippen molar-refractivity contribution >= 4 is 29.3 Å². The van der Waals surface area contributed by atoms with Crippen molar-refractivity contribution in [3.8, 4) is 5.75 Å². The molecule has 0 saturated carbocycles. The molecule has 1 aromatic carbocycles. The number of hydrazine groups is 1. The van der Waals surface area contributed by atoms with E-state index in [-0.39, 0.29) is 17.2 Å². The first-order chi connectivity index (χ1) is 12.4. The minimum atomic E-state index is -0.521. The fourth-order valence-electron chi connectivity index (χ4n) is 2.08. The third kappa shape index (κ3) is 4.99. The van der Waals surface area contributed by atoms with Crippen molar-refractivity contribution in [1.29, 1.82) is 0 Å². The van der Waals surface area contributed by atoms with E-state index in [2.05, 4.69) is 10.9 Å². The number of nitro benzene ring substituents is 1. The summed E-state index contributed by atoms with van der Waals surface area (Å²) in [6.07, 6.45) is 1.38. The summed E-state index contributed by atoms with van der Waals surface area (Å²) >= 11 is 1.26. The lowest BCUT2D eigenvalue weighted by atomic mass is 10.2. The summed E-state index contributed by atoms with van der Waals surface area (Å²) in [4.78, 5) is 34.1. The number of benzene rings is 1. The summed E-state index contributed by atoms with van der Waals surface area (Å²) in [5.74, 6) is 0.233. The molecule has 0 spiro atoms. The van der Waals surface area contributed by atoms with Gasteiger partial charge in [-0.3, -0.25) is 30.6 Å². The van der Waals surface area contributed by atoms with Gasteiger partial charge in [0.05, 0.1) is 29.6 Å². The summed E-state index contributed by atoms with van der Waals surface area (Å²) in [5, 5.41) is 11.0. The first-order valence-electron chi connectivity index (χ1n) is 7.44. The normalized spacial score (nSPS) is 10.2. The van der Waals surface area contributed by atoms with Crippen LogP contribution in [0.1, 0.15) is 21.7 Å². The molecule has 0 fully saturated rings. The zero-order valence-corrected chi connectivity index (χ0v) is 14.9. The molecule has 1 heterocycles. The summed E-state index contributed by atoms with van der Waals surface area (Å²) in [6.45, 7) is 1.64. The number of amides is 2. The third-order valence-electron chi connectivity index (χ3n) is 3.36. The summed E-state index contributed by atoms with van der Waals surface area (Å²) in [5.41, 5.74) is 5.50. The Morgan fingerprint density at radius 1 is 1.31 bits per heavy atom. The van der Waals surface area contributed by atoms with Crippen LogP contribution in [0.15, 0.2) is 34.9 Å². The summed E-state index contributed by atoms with van der Waals surface area (Å²) in [7, 11) is 1.36. The molecule has 10 heteroatoms. The van der Waals surface area contributed by atoms with Crippen LogP contribution in [0, 0.1) is 17.0 Å². The van der Waals surface area contributed by atoms with E-state index >= 15 is 0 Å². The van der Waals surface area contributed by atoms with Crippen LogP contribution in [0.4, 0.5) is 5.69 Å². The number of ether oxygens (including phenoxy) is 1. The summed E-state index contributed by atoms with van der Waals surface area (Å²) in [6, 6.07) is 6.12. The molecule has 0 aliphatic heterocycles. The van der Waals surface area contributed by atoms with Crippen molar-refractivity contribution in [1.82, 2.24) is 10.9 Å². The molecule has 0 radical (unpaired) electrons. The lowest BCUT2D eigenvalue weighted by Crippen LogP contribution is -2.42. The first kappa shape index (κ1) is 19.3. The van der Waals surface area contributed by atoms with Gasteiger partial charge in [-0.05, 0) is 24.6 Å². The van der Waals surface area contributed by atoms with Crippen molar-refractivity contribution in [3.05, 3.63) is 57.5 Å². The van der Waals surface area contributed by atoms with Crippen LogP contribution in [0.2, 0.25) is 0 Å². The molecule has 0 atom stereocenters. The highest BCUT2D eigenvalue weighted by atomic mass is 32.2. The Kier molecular flexibility index (Phi) is 6.61. The highest BCUT2D eigenvalue weighted by Crippen LogP contribution is 2.28. The average Bonchev–Trinajstić information content (AvgIpc) is 3.05. The third-order valence-corrected chi connectivity index (χ3v) is 4.36. The van der Waals surface area contributed by atoms with E-state index in [1.54, 1.807) is 13.0 Å². The number of aryl methyl sites for hydroxylation is 1. The second kappa shape index (κ2) is 8.90. The molecule has 0 aliphatic carbocycles. The van der Waals surface area contributed by atoms with E-state index in [0.717, 1.165) is 0 Å². The number of nitrogens with zero attached hydrogens (tertiary/aromatic N) is 1. The largest absolute Gasteiger partial charge is 0.490 e. The molecule has 0 aliphatic rings. The van der Waals surface area contributed by atoms with Crippen LogP contribution in [0.3, 0.4) is 0 Å². The minimum absolute atomic E-state index is 0.0739. The van der Waals surface area contributed by atoms with Crippen LogP contribution in [-0.4, -0.2) is 29.6 Å². The van der Waals surface area contributed by atoms with Crippen LogP contribution >= 0.6 is 11.8 Å². The first-order valence-corrected chi connectivity index (χ1v) is 8.60. The van der Waals surface area contributed by atoms with E-state index in [9.17, 15) is 19.7 Å². The molecule has 1 aromatic heterocycles. The predicted octanol–water partition coefficient (Wildman–Crippen LogP) is 2.20. The van der Waals surface area contributed by atoms with Crippen LogP contribution in [-0.2, 0) is 10.5 Å². The fourth-order valence-corrected chi connectivity index (χ4v) is 2.85. The number of nitro groups is 1. The second-order valence-corrected chi connectivity index (χ2v) is 6.13. The molecule has 2 aromatic rings. The van der Waals surface area contributed by atoms with Gasteiger partial charge in [0.2, 0.25) is 5.91 Å². The van der Waals surface area contributed by atoms with Crippen molar-refractivity contribution in [3.63, 3.8) is 0 Å². The number of carbonyl (C=O) groups is 2. The maximum absolute atomic E-state index is 11.8. The minimum Gasteiger partial charge on any atom is -0.490 e. The number of nitrogens with one attached hydrogen (secondary N) is 2. The number of methoxy groups -OCH3 is 1. The predicted molar refractivity (Wildman–Crippen MR) is 94.9 cm³/mol. The molecule has 0 unspecified atom stereocenters. The van der Waals surface area contributed by atoms with Gasteiger partial charge in [-0.2, -0.15) is 0 Å². The van der Waals surface area contributed by atoms with E-state index < -0.39 is 16.7 Å². The quantitative estimate of drug-likeness (QED) is 0.558. The van der Waals surface area contributed by atoms with Crippen LogP contribution < -0.4 is 15.6 Å². The van der Waals surface area contributed by atoms with E-state index in [4.69, 9.17) is 9.15 Å².